The van der Waals surface area contributed by atoms with E-state index in [-0.39, 0.29) is 5.91 Å². The molecule has 1 aromatic heterocycles. The number of hydrogen-bond donors (Lipinski definition) is 1. The van der Waals surface area contributed by atoms with Crippen LogP contribution in [0.1, 0.15) is 34.8 Å². The Morgan fingerprint density at radius 3 is 2.40 bits per heavy atom. The van der Waals surface area contributed by atoms with Crippen LogP contribution in [0.5, 0.6) is 0 Å². The van der Waals surface area contributed by atoms with Gasteiger partial charge in [0.1, 0.15) is 0 Å². The van der Waals surface area contributed by atoms with E-state index in [2.05, 4.69) is 24.1 Å². The Morgan fingerprint density at radius 1 is 1.25 bits per heavy atom. The number of thiazole rings is 1. The van der Waals surface area contributed by atoms with Crippen molar-refractivity contribution in [3.05, 3.63) is 40.4 Å². The molecule has 1 heterocycles. The number of rotatable bonds is 4. The largest absolute Gasteiger partial charge is 0.298 e. The van der Waals surface area contributed by atoms with E-state index in [0.717, 1.165) is 10.6 Å². The topological polar surface area (TPSA) is 42.0 Å². The van der Waals surface area contributed by atoms with E-state index in [1.165, 1.54) is 16.2 Å². The second-order valence-corrected chi connectivity index (χ2v) is 7.66. The van der Waals surface area contributed by atoms with Gasteiger partial charge in [0.2, 0.25) is 0 Å². The molecule has 2 aromatic rings. The van der Waals surface area contributed by atoms with Gasteiger partial charge < -0.3 is 0 Å². The molecule has 0 fully saturated rings. The van der Waals surface area contributed by atoms with Crippen LogP contribution in [0.2, 0.25) is 0 Å². The Morgan fingerprint density at radius 2 is 1.90 bits per heavy atom. The number of anilines is 1. The zero-order valence-corrected chi connectivity index (χ0v) is 13.7. The average Bonchev–Trinajstić information content (AvgIpc) is 2.68. The molecule has 0 saturated heterocycles. The van der Waals surface area contributed by atoms with Crippen molar-refractivity contribution >= 4 is 34.1 Å². The Kier molecular flexibility index (Phi) is 4.83. The van der Waals surface area contributed by atoms with Crippen LogP contribution in [-0.2, 0) is 0 Å². The van der Waals surface area contributed by atoms with Gasteiger partial charge >= 0.3 is 0 Å². The van der Waals surface area contributed by atoms with Gasteiger partial charge in [0.05, 0.1) is 5.69 Å². The van der Waals surface area contributed by atoms with E-state index < -0.39 is 0 Å². The molecule has 1 amide bonds. The Labute approximate surface area is 127 Å². The minimum Gasteiger partial charge on any atom is -0.298 e. The quantitative estimate of drug-likeness (QED) is 0.845. The van der Waals surface area contributed by atoms with Gasteiger partial charge in [-0.25, -0.2) is 4.98 Å². The molecule has 5 heteroatoms. The van der Waals surface area contributed by atoms with Crippen LogP contribution in [0.15, 0.2) is 29.2 Å². The van der Waals surface area contributed by atoms with E-state index in [4.69, 9.17) is 0 Å². The van der Waals surface area contributed by atoms with Crippen molar-refractivity contribution in [3.8, 4) is 0 Å². The van der Waals surface area contributed by atoms with Crippen LogP contribution in [0, 0.1) is 13.8 Å². The first-order chi connectivity index (χ1) is 9.45. The third-order valence-corrected chi connectivity index (χ3v) is 4.74. The molecule has 2 rings (SSSR count). The second kappa shape index (κ2) is 6.41. The number of aromatic nitrogens is 1. The number of benzene rings is 1. The summed E-state index contributed by atoms with van der Waals surface area (Å²) in [6.45, 7) is 8.25. The van der Waals surface area contributed by atoms with Crippen LogP contribution >= 0.6 is 23.1 Å². The Bertz CT molecular complexity index is 583. The normalized spacial score (nSPS) is 10.8. The number of nitrogens with one attached hydrogen (secondary N) is 1. The molecule has 106 valence electrons. The highest BCUT2D eigenvalue weighted by Crippen LogP contribution is 2.24. The number of nitrogens with zero attached hydrogens (tertiary/aromatic N) is 1. The molecule has 0 aliphatic heterocycles. The number of hydrogen-bond acceptors (Lipinski definition) is 4. The van der Waals surface area contributed by atoms with Gasteiger partial charge in [-0.3, -0.25) is 10.1 Å². The number of carbonyl (C=O) groups excluding carboxylic acids is 1. The van der Waals surface area contributed by atoms with Crippen molar-refractivity contribution in [1.82, 2.24) is 4.98 Å². The van der Waals surface area contributed by atoms with Gasteiger partial charge in [0.15, 0.2) is 5.13 Å². The van der Waals surface area contributed by atoms with Crippen molar-refractivity contribution in [3.63, 3.8) is 0 Å². The lowest BCUT2D eigenvalue weighted by Gasteiger charge is -2.06. The molecule has 0 spiro atoms. The summed E-state index contributed by atoms with van der Waals surface area (Å²) in [5.74, 6) is -0.111. The van der Waals surface area contributed by atoms with Gasteiger partial charge in [0.25, 0.3) is 5.91 Å². The third kappa shape index (κ3) is 3.84. The summed E-state index contributed by atoms with van der Waals surface area (Å²) in [6, 6.07) is 7.68. The van der Waals surface area contributed by atoms with Crippen molar-refractivity contribution in [2.75, 3.05) is 5.32 Å². The van der Waals surface area contributed by atoms with E-state index in [0.29, 0.717) is 15.9 Å². The van der Waals surface area contributed by atoms with Crippen molar-refractivity contribution < 1.29 is 4.79 Å². The van der Waals surface area contributed by atoms with Gasteiger partial charge in [-0.1, -0.05) is 13.8 Å². The molecule has 1 N–H and O–H groups in total. The standard InChI is InChI=1S/C15H18N2OS2/c1-9(2)19-13-7-5-12(6-8-13)14(18)17-15-16-10(3)11(4)20-15/h5-9H,1-4H3,(H,16,17,18). The molecule has 0 aliphatic rings. The number of aryl methyl sites for hydroxylation is 2. The summed E-state index contributed by atoms with van der Waals surface area (Å²) in [5.41, 5.74) is 1.62. The molecule has 20 heavy (non-hydrogen) atoms. The predicted octanol–water partition coefficient (Wildman–Crippen LogP) is 4.51. The molecule has 0 atom stereocenters. The minimum absolute atomic E-state index is 0.111. The summed E-state index contributed by atoms with van der Waals surface area (Å²) in [6.07, 6.45) is 0. The van der Waals surface area contributed by atoms with Gasteiger partial charge in [-0.15, -0.1) is 23.1 Å². The zero-order valence-electron chi connectivity index (χ0n) is 12.1. The van der Waals surface area contributed by atoms with E-state index >= 15 is 0 Å². The molecule has 0 saturated carbocycles. The lowest BCUT2D eigenvalue weighted by Crippen LogP contribution is -2.11. The fourth-order valence-electron chi connectivity index (χ4n) is 1.65. The third-order valence-electron chi connectivity index (χ3n) is 2.74. The molecule has 1 aromatic carbocycles. The molecule has 0 bridgehead atoms. The zero-order chi connectivity index (χ0) is 14.7. The van der Waals surface area contributed by atoms with Crippen molar-refractivity contribution in [1.29, 1.82) is 0 Å². The fourth-order valence-corrected chi connectivity index (χ4v) is 3.30. The highest BCUT2D eigenvalue weighted by Gasteiger charge is 2.10. The summed E-state index contributed by atoms with van der Waals surface area (Å²) < 4.78 is 0. The average molecular weight is 306 g/mol. The highest BCUT2D eigenvalue weighted by molar-refractivity contribution is 7.99. The maximum atomic E-state index is 12.1. The number of carbonyl (C=O) groups is 1. The molecule has 0 radical (unpaired) electrons. The fraction of sp³-hybridized carbons (Fsp3) is 0.333. The van der Waals surface area contributed by atoms with Crippen LogP contribution in [-0.4, -0.2) is 16.1 Å². The molecular weight excluding hydrogens is 288 g/mol. The monoisotopic (exact) mass is 306 g/mol. The van der Waals surface area contributed by atoms with Crippen LogP contribution in [0.3, 0.4) is 0 Å². The summed E-state index contributed by atoms with van der Waals surface area (Å²) >= 11 is 3.29. The predicted molar refractivity (Wildman–Crippen MR) is 87.0 cm³/mol. The van der Waals surface area contributed by atoms with Crippen LogP contribution in [0.4, 0.5) is 5.13 Å². The lowest BCUT2D eigenvalue weighted by molar-refractivity contribution is 0.102. The molecule has 0 aliphatic carbocycles. The van der Waals surface area contributed by atoms with Crippen LogP contribution < -0.4 is 5.32 Å². The van der Waals surface area contributed by atoms with Gasteiger partial charge in [-0.2, -0.15) is 0 Å². The lowest BCUT2D eigenvalue weighted by atomic mass is 10.2. The van der Waals surface area contributed by atoms with Gasteiger partial charge in [-0.05, 0) is 38.1 Å². The smallest absolute Gasteiger partial charge is 0.257 e. The Balaban J connectivity index is 2.05. The van der Waals surface area contributed by atoms with E-state index in [1.54, 1.807) is 11.8 Å². The Hall–Kier alpha value is -1.33. The summed E-state index contributed by atoms with van der Waals surface area (Å²) in [5, 5.41) is 4.04. The summed E-state index contributed by atoms with van der Waals surface area (Å²) in [4.78, 5) is 18.7. The first kappa shape index (κ1) is 15.1. The minimum atomic E-state index is -0.111. The molecule has 0 unspecified atom stereocenters. The second-order valence-electron chi connectivity index (χ2n) is 4.81. The molecule has 3 nitrogen and oxygen atoms in total. The van der Waals surface area contributed by atoms with Crippen molar-refractivity contribution in [2.45, 2.75) is 37.8 Å². The van der Waals surface area contributed by atoms with E-state index in [1.807, 2.05) is 38.1 Å². The van der Waals surface area contributed by atoms with Crippen molar-refractivity contribution in [2.24, 2.45) is 0 Å². The van der Waals surface area contributed by atoms with Gasteiger partial charge in [0, 0.05) is 20.6 Å². The molecular formula is C15H18N2OS2. The number of amides is 1. The SMILES string of the molecule is Cc1nc(NC(=O)c2ccc(SC(C)C)cc2)sc1C. The first-order valence-electron chi connectivity index (χ1n) is 6.48. The first-order valence-corrected chi connectivity index (χ1v) is 8.17. The maximum Gasteiger partial charge on any atom is 0.257 e. The van der Waals surface area contributed by atoms with E-state index in [9.17, 15) is 4.79 Å². The summed E-state index contributed by atoms with van der Waals surface area (Å²) in [7, 11) is 0. The van der Waals surface area contributed by atoms with Crippen LogP contribution in [0.25, 0.3) is 0 Å². The highest BCUT2D eigenvalue weighted by atomic mass is 32.2. The maximum absolute atomic E-state index is 12.1. The number of thioether (sulfide) groups is 1.